The van der Waals surface area contributed by atoms with E-state index in [1.165, 1.54) is 11.8 Å². The Hall–Kier alpha value is -0.390. The summed E-state index contributed by atoms with van der Waals surface area (Å²) in [6, 6.07) is 0. The van der Waals surface area contributed by atoms with Crippen LogP contribution >= 0.6 is 59.3 Å². The molecule has 11 rings (SSSR count). The molecule has 11 aliphatic rings. The lowest BCUT2D eigenvalue weighted by atomic mass is 9.85. The lowest BCUT2D eigenvalue weighted by molar-refractivity contribution is -0.353. The van der Waals surface area contributed by atoms with Gasteiger partial charge in [-0.15, -0.1) is 35.3 Å². The normalized spacial score (nSPS) is 43.1. The van der Waals surface area contributed by atoms with Crippen LogP contribution in [-0.2, 0) is 66.3 Å². The Kier molecular flexibility index (Phi) is 40.4. The van der Waals surface area contributed by atoms with Crippen LogP contribution < -0.4 is 10.6 Å². The molecule has 11 fully saturated rings. The summed E-state index contributed by atoms with van der Waals surface area (Å²) in [6.07, 6.45) is -43.1. The Morgan fingerprint density at radius 1 is 0.394 bits per heavy atom. The monoisotopic (exact) mass is 1680 g/mol. The summed E-state index contributed by atoms with van der Waals surface area (Å²) in [5, 5.41) is 250. The van der Waals surface area contributed by atoms with Crippen molar-refractivity contribution >= 4 is 64.4 Å². The van der Waals surface area contributed by atoms with Gasteiger partial charge in [0, 0.05) is 69.0 Å². The van der Waals surface area contributed by atoms with E-state index in [0.29, 0.717) is 68.7 Å². The third-order valence-electron chi connectivity index (χ3n) is 20.4. The third-order valence-corrected chi connectivity index (χ3v) is 25.4. The SMILES string of the molecule is OCC1O[C@@H]2OCCCCCC3C(CSCCNC(=S)NCC(CCOCCCS[C@@H]4OC(CO)[C@@H](O)[C@H](O)C4O)(COCCCS[C@@H]4OC(CO)[C@@H](O[C@@H]5OC(CO)[C@H](O)[C@H](O)C5O)[C@H](O)C4O)COCCCS[C@@H]4OC(CO)[C@@H](O[C@@H]5OC(CO)[C@H](O)[C@H](O)C5O)[C@H](O)C4O)O[C@H](OC1[C@H](O)C2O)C(O)[C@H]3O. The van der Waals surface area contributed by atoms with Crippen LogP contribution in [0.1, 0.15) is 51.4 Å². The molecule has 39 nitrogen and oxygen atoms in total. The zero-order chi connectivity index (χ0) is 79.2. The van der Waals surface area contributed by atoms with E-state index in [0.717, 1.165) is 35.3 Å². The molecule has 0 radical (unpaired) electrons. The number of hydrogen-bond donors (Lipinski definition) is 25. The lowest BCUT2D eigenvalue weighted by Crippen LogP contribution is -2.64. The number of rotatable bonds is 39. The van der Waals surface area contributed by atoms with E-state index < -0.39 is 257 Å². The maximum absolute atomic E-state index is 11.6. The molecule has 35 atom stereocenters. The topological polar surface area (TPSA) is 619 Å². The minimum Gasteiger partial charge on any atom is -0.394 e. The summed E-state index contributed by atoms with van der Waals surface area (Å²) >= 11 is 10.7. The first kappa shape index (κ1) is 94.1. The van der Waals surface area contributed by atoms with Gasteiger partial charge in [-0.1, -0.05) is 12.8 Å². The number of thioether (sulfide) groups is 4. The Morgan fingerprint density at radius 2 is 0.844 bits per heavy atom. The van der Waals surface area contributed by atoms with Crippen LogP contribution in [0.15, 0.2) is 0 Å². The maximum Gasteiger partial charge on any atom is 0.187 e. The van der Waals surface area contributed by atoms with E-state index in [9.17, 15) is 117 Å². The first-order valence-corrected chi connectivity index (χ1v) is 41.5. The Balaban J connectivity index is 0.908. The number of nitrogens with one attached hydrogen (secondary N) is 2. The highest BCUT2D eigenvalue weighted by atomic mass is 32.2. The van der Waals surface area contributed by atoms with Gasteiger partial charge in [-0.05, 0) is 68.0 Å². The van der Waals surface area contributed by atoms with Crippen molar-refractivity contribution < 1.29 is 184 Å². The van der Waals surface area contributed by atoms with E-state index in [1.807, 2.05) is 0 Å². The molecule has 16 unspecified atom stereocenters. The summed E-state index contributed by atoms with van der Waals surface area (Å²) < 4.78 is 82.8. The molecule has 0 saturated carbocycles. The quantitative estimate of drug-likeness (QED) is 0.0201. The molecule has 0 spiro atoms. The molecule has 638 valence electrons. The van der Waals surface area contributed by atoms with Crippen LogP contribution in [-0.4, -0.2) is 457 Å². The Bertz CT molecular complexity index is 2470. The van der Waals surface area contributed by atoms with Crippen molar-refractivity contribution in [2.75, 3.05) is 128 Å². The first-order valence-electron chi connectivity index (χ1n) is 36.8. The maximum atomic E-state index is 11.6. The largest absolute Gasteiger partial charge is 0.394 e. The van der Waals surface area contributed by atoms with Gasteiger partial charge in [0.05, 0.1) is 65.1 Å². The van der Waals surface area contributed by atoms with Gasteiger partial charge in [0.1, 0.15) is 169 Å². The summed E-state index contributed by atoms with van der Waals surface area (Å²) in [6.45, 7) is -3.07. The van der Waals surface area contributed by atoms with Crippen molar-refractivity contribution in [3.05, 3.63) is 0 Å². The van der Waals surface area contributed by atoms with E-state index in [2.05, 4.69) is 10.6 Å². The van der Waals surface area contributed by atoms with Gasteiger partial charge in [0.15, 0.2) is 30.3 Å². The summed E-state index contributed by atoms with van der Waals surface area (Å²) in [4.78, 5) is 0. The zero-order valence-corrected chi connectivity index (χ0v) is 64.1. The van der Waals surface area contributed by atoms with E-state index >= 15 is 0 Å². The zero-order valence-electron chi connectivity index (χ0n) is 60.0. The van der Waals surface area contributed by atoms with Crippen molar-refractivity contribution in [3.63, 3.8) is 0 Å². The molecule has 0 aromatic carbocycles. The molecular weight excluding hydrogens is 1560 g/mol. The average Bonchev–Trinajstić information content (AvgIpc) is 1.24. The molecule has 11 aliphatic heterocycles. The van der Waals surface area contributed by atoms with Crippen molar-refractivity contribution in [3.8, 4) is 0 Å². The van der Waals surface area contributed by atoms with Crippen molar-refractivity contribution in [1.82, 2.24) is 10.6 Å². The molecule has 11 saturated heterocycles. The molecule has 0 aromatic heterocycles. The van der Waals surface area contributed by atoms with Crippen LogP contribution in [0.3, 0.4) is 0 Å². The minimum atomic E-state index is -1.85. The molecule has 44 heteroatoms. The molecule has 109 heavy (non-hydrogen) atoms. The minimum absolute atomic E-state index is 0.00398. The number of ether oxygens (including phenoxy) is 14. The van der Waals surface area contributed by atoms with E-state index in [4.69, 9.17) is 78.5 Å². The predicted octanol–water partition coefficient (Wildman–Crippen LogP) is -10.5. The highest BCUT2D eigenvalue weighted by molar-refractivity contribution is 8.00. The fraction of sp³-hybridized carbons (Fsp3) is 0.985. The van der Waals surface area contributed by atoms with Gasteiger partial charge in [-0.25, -0.2) is 0 Å². The van der Waals surface area contributed by atoms with Crippen LogP contribution in [0, 0.1) is 11.3 Å². The van der Waals surface area contributed by atoms with E-state index in [1.54, 1.807) is 0 Å². The molecule has 0 amide bonds. The van der Waals surface area contributed by atoms with Crippen molar-refractivity contribution in [2.24, 2.45) is 11.3 Å². The highest BCUT2D eigenvalue weighted by Crippen LogP contribution is 2.39. The van der Waals surface area contributed by atoms with Crippen molar-refractivity contribution in [1.29, 1.82) is 0 Å². The standard InChI is InChI=1S/C65H116N2O37S5/c68-19-30-38(75)41(78)48(85)59(95-30)103-55-34(23-72)100-62(52(89)45(55)82)108-16-5-11-92-27-65(8-14-91-10-4-15-107-61-51(88)43(80)40(77)32(21-70)99-61,28-93-12-6-17-109-63-53(90)46(83)56(35(24-73)101-63)104-60-49(86)42(79)39(76)31(20-69)96-60)26-67-64(105)66-9-18-106-25-36-29-7-2-1-3-13-94-57-50(87)44(81)54(33(22-71)97-57)102-58(98-36)47(84)37(29)74/h29-63,68-90H,1-28H2,(H2,66,67,105)/t29?,30?,31?,32?,33?,34?,35?,36?,37-,38-,39-,40+,41-,42-,43-,44+,45+,46+,47?,48?,49?,50?,51?,52?,53?,54?,55+,56+,57-,58+,59-,60-,61-,62-,63-,65?/m0/s1. The smallest absolute Gasteiger partial charge is 0.187 e. The second-order valence-corrected chi connectivity index (χ2v) is 33.4. The molecule has 0 aliphatic carbocycles. The second kappa shape index (κ2) is 46.8. The fourth-order valence-electron chi connectivity index (χ4n) is 13.8. The van der Waals surface area contributed by atoms with Gasteiger partial charge >= 0.3 is 0 Å². The van der Waals surface area contributed by atoms with Crippen LogP contribution in [0.5, 0.6) is 0 Å². The summed E-state index contributed by atoms with van der Waals surface area (Å²) in [5.74, 6) is 1.12. The van der Waals surface area contributed by atoms with Crippen LogP contribution in [0.4, 0.5) is 0 Å². The Morgan fingerprint density at radius 3 is 1.35 bits per heavy atom. The summed E-state index contributed by atoms with van der Waals surface area (Å²) in [7, 11) is 0. The molecule has 11 heterocycles. The number of aliphatic hydroxyl groups excluding tert-OH is 23. The van der Waals surface area contributed by atoms with Gasteiger partial charge in [0.2, 0.25) is 0 Å². The highest BCUT2D eigenvalue weighted by Gasteiger charge is 2.55. The van der Waals surface area contributed by atoms with Crippen LogP contribution in [0.2, 0.25) is 0 Å². The lowest BCUT2D eigenvalue weighted by Gasteiger charge is -2.47. The Labute approximate surface area is 652 Å². The molecular formula is C65H116N2O37S5. The number of hydrogen-bond acceptors (Lipinski definition) is 42. The molecule has 25 N–H and O–H groups in total. The van der Waals surface area contributed by atoms with E-state index in [-0.39, 0.29) is 75.8 Å². The average molecular weight is 1680 g/mol. The first-order chi connectivity index (χ1) is 52.3. The van der Waals surface area contributed by atoms with Gasteiger partial charge in [-0.3, -0.25) is 0 Å². The molecule has 0 aromatic rings. The van der Waals surface area contributed by atoms with Gasteiger partial charge < -0.3 is 194 Å². The van der Waals surface area contributed by atoms with Gasteiger partial charge in [0.25, 0.3) is 0 Å². The third kappa shape index (κ3) is 25.3. The summed E-state index contributed by atoms with van der Waals surface area (Å²) in [5.41, 5.74) is -4.16. The molecule has 4 bridgehead atoms. The second-order valence-electron chi connectivity index (χ2n) is 28.2. The van der Waals surface area contributed by atoms with Crippen LogP contribution in [0.25, 0.3) is 0 Å². The fourth-order valence-corrected chi connectivity index (χ4v) is 18.2. The van der Waals surface area contributed by atoms with Gasteiger partial charge in [-0.2, -0.15) is 11.8 Å². The number of thiocarbonyl (C=S) groups is 1. The number of aliphatic hydroxyl groups is 23. The predicted molar refractivity (Wildman–Crippen MR) is 384 cm³/mol. The van der Waals surface area contributed by atoms with Crippen molar-refractivity contribution in [2.45, 2.75) is 258 Å².